The molecule has 0 aliphatic carbocycles. The lowest BCUT2D eigenvalue weighted by molar-refractivity contribution is -0.384. The van der Waals surface area contributed by atoms with Crippen LogP contribution in [0.4, 0.5) is 24.5 Å². The minimum absolute atomic E-state index is 0.000839. The molecule has 0 heterocycles. The van der Waals surface area contributed by atoms with Crippen LogP contribution < -0.4 is 5.32 Å². The Hall–Kier alpha value is -2.57. The molecule has 0 fully saturated rings. The van der Waals surface area contributed by atoms with Crippen molar-refractivity contribution in [1.82, 2.24) is 0 Å². The number of benzene rings is 2. The van der Waals surface area contributed by atoms with E-state index in [0.29, 0.717) is 0 Å². The molecule has 0 aliphatic rings. The Morgan fingerprint density at radius 3 is 2.52 bits per heavy atom. The molecule has 0 aliphatic heterocycles. The summed E-state index contributed by atoms with van der Waals surface area (Å²) in [5.41, 5.74) is -0.452. The van der Waals surface area contributed by atoms with Crippen LogP contribution in [0.15, 0.2) is 36.4 Å². The Kier molecular flexibility index (Phi) is 4.11. The molecule has 0 spiro atoms. The van der Waals surface area contributed by atoms with Crippen molar-refractivity contribution in [2.75, 3.05) is 5.32 Å². The lowest BCUT2D eigenvalue weighted by atomic mass is 10.1. The molecule has 1 atom stereocenters. The first-order chi connectivity index (χ1) is 9.90. The second-order valence-electron chi connectivity index (χ2n) is 4.43. The van der Waals surface area contributed by atoms with E-state index in [4.69, 9.17) is 0 Å². The number of nitro groups is 1. The van der Waals surface area contributed by atoms with Gasteiger partial charge in [0.25, 0.3) is 5.69 Å². The molecule has 2 aromatic carbocycles. The summed E-state index contributed by atoms with van der Waals surface area (Å²) in [6, 6.07) is 5.85. The van der Waals surface area contributed by atoms with Crippen molar-refractivity contribution in [1.29, 1.82) is 0 Å². The van der Waals surface area contributed by atoms with Gasteiger partial charge in [-0.2, -0.15) is 0 Å². The zero-order valence-corrected chi connectivity index (χ0v) is 10.9. The SMILES string of the molecule is CC(Nc1cc([N+](=O)[O-])ccc1F)c1cccc(F)c1F. The van der Waals surface area contributed by atoms with E-state index in [-0.39, 0.29) is 16.9 Å². The molecule has 0 amide bonds. The molecule has 1 N–H and O–H groups in total. The highest BCUT2D eigenvalue weighted by Gasteiger charge is 2.17. The van der Waals surface area contributed by atoms with Crippen LogP contribution in [0.5, 0.6) is 0 Å². The summed E-state index contributed by atoms with van der Waals surface area (Å²) < 4.78 is 40.4. The van der Waals surface area contributed by atoms with E-state index in [0.717, 1.165) is 24.3 Å². The molecular weight excluding hydrogens is 285 g/mol. The van der Waals surface area contributed by atoms with Crippen LogP contribution in [-0.4, -0.2) is 4.92 Å². The monoisotopic (exact) mass is 296 g/mol. The maximum Gasteiger partial charge on any atom is 0.271 e. The predicted octanol–water partition coefficient (Wildman–Crippen LogP) is 4.19. The van der Waals surface area contributed by atoms with Gasteiger partial charge < -0.3 is 5.32 Å². The molecule has 21 heavy (non-hydrogen) atoms. The quantitative estimate of drug-likeness (QED) is 0.680. The molecule has 2 rings (SSSR count). The highest BCUT2D eigenvalue weighted by molar-refractivity contribution is 5.53. The predicted molar refractivity (Wildman–Crippen MR) is 71.5 cm³/mol. The summed E-state index contributed by atoms with van der Waals surface area (Å²) in [6.45, 7) is 1.50. The van der Waals surface area contributed by atoms with E-state index < -0.39 is 28.4 Å². The van der Waals surface area contributed by atoms with Gasteiger partial charge in [-0.15, -0.1) is 0 Å². The van der Waals surface area contributed by atoms with Gasteiger partial charge in [0.05, 0.1) is 16.7 Å². The first kappa shape index (κ1) is 14.8. The third-order valence-electron chi connectivity index (χ3n) is 2.98. The van der Waals surface area contributed by atoms with Crippen LogP contribution in [0.25, 0.3) is 0 Å². The van der Waals surface area contributed by atoms with Crippen molar-refractivity contribution >= 4 is 11.4 Å². The van der Waals surface area contributed by atoms with Gasteiger partial charge in [0.2, 0.25) is 0 Å². The van der Waals surface area contributed by atoms with Crippen LogP contribution in [0.3, 0.4) is 0 Å². The molecule has 0 aromatic heterocycles. The zero-order valence-electron chi connectivity index (χ0n) is 10.9. The van der Waals surface area contributed by atoms with Crippen molar-refractivity contribution in [3.8, 4) is 0 Å². The fraction of sp³-hybridized carbons (Fsp3) is 0.143. The molecule has 7 heteroatoms. The number of hydrogen-bond acceptors (Lipinski definition) is 3. The number of halogens is 3. The minimum atomic E-state index is -1.04. The van der Waals surface area contributed by atoms with E-state index in [1.165, 1.54) is 19.1 Å². The Balaban J connectivity index is 2.31. The normalized spacial score (nSPS) is 12.0. The molecule has 2 aromatic rings. The standard InChI is InChI=1S/C14H11F3N2O2/c1-8(10-3-2-4-12(16)14(10)17)18-13-7-9(19(20)21)5-6-11(13)15/h2-8,18H,1H3. The first-order valence-corrected chi connectivity index (χ1v) is 6.04. The van der Waals surface area contributed by atoms with Crippen molar-refractivity contribution < 1.29 is 18.1 Å². The Labute approximate surface area is 118 Å². The van der Waals surface area contributed by atoms with Crippen molar-refractivity contribution in [2.45, 2.75) is 13.0 Å². The third kappa shape index (κ3) is 3.13. The lowest BCUT2D eigenvalue weighted by Gasteiger charge is -2.17. The van der Waals surface area contributed by atoms with Crippen molar-refractivity contribution in [3.05, 3.63) is 69.5 Å². The average molecular weight is 296 g/mol. The Morgan fingerprint density at radius 2 is 1.86 bits per heavy atom. The van der Waals surface area contributed by atoms with E-state index in [9.17, 15) is 23.3 Å². The summed E-state index contributed by atoms with van der Waals surface area (Å²) in [5.74, 6) is -2.77. The second kappa shape index (κ2) is 5.82. The fourth-order valence-electron chi connectivity index (χ4n) is 1.90. The van der Waals surface area contributed by atoms with Crippen LogP contribution in [-0.2, 0) is 0 Å². The van der Waals surface area contributed by atoms with Crippen molar-refractivity contribution in [2.24, 2.45) is 0 Å². The van der Waals surface area contributed by atoms with E-state index in [2.05, 4.69) is 5.32 Å². The van der Waals surface area contributed by atoms with Gasteiger partial charge in [-0.05, 0) is 19.1 Å². The average Bonchev–Trinajstić information content (AvgIpc) is 2.43. The maximum absolute atomic E-state index is 13.6. The number of anilines is 1. The maximum atomic E-state index is 13.6. The Morgan fingerprint density at radius 1 is 1.14 bits per heavy atom. The number of nitro benzene ring substituents is 1. The molecular formula is C14H11F3N2O2. The lowest BCUT2D eigenvalue weighted by Crippen LogP contribution is -2.11. The molecule has 0 radical (unpaired) electrons. The summed E-state index contributed by atoms with van der Waals surface area (Å²) in [7, 11) is 0. The summed E-state index contributed by atoms with van der Waals surface area (Å²) >= 11 is 0. The molecule has 0 bridgehead atoms. The molecule has 4 nitrogen and oxygen atoms in total. The number of non-ortho nitro benzene ring substituents is 1. The van der Waals surface area contributed by atoms with Gasteiger partial charge in [0, 0.05) is 17.7 Å². The van der Waals surface area contributed by atoms with Gasteiger partial charge in [-0.3, -0.25) is 10.1 Å². The number of nitrogens with zero attached hydrogens (tertiary/aromatic N) is 1. The van der Waals surface area contributed by atoms with Gasteiger partial charge in [0.15, 0.2) is 11.6 Å². The molecule has 110 valence electrons. The third-order valence-corrected chi connectivity index (χ3v) is 2.98. The number of rotatable bonds is 4. The van der Waals surface area contributed by atoms with Gasteiger partial charge in [-0.25, -0.2) is 13.2 Å². The van der Waals surface area contributed by atoms with Gasteiger partial charge in [-0.1, -0.05) is 12.1 Å². The van der Waals surface area contributed by atoms with E-state index >= 15 is 0 Å². The first-order valence-electron chi connectivity index (χ1n) is 6.04. The highest BCUT2D eigenvalue weighted by atomic mass is 19.2. The smallest absolute Gasteiger partial charge is 0.271 e. The number of hydrogen-bond donors (Lipinski definition) is 1. The molecule has 0 saturated carbocycles. The minimum Gasteiger partial charge on any atom is -0.376 e. The summed E-state index contributed by atoms with van der Waals surface area (Å²) in [5, 5.41) is 13.3. The fourth-order valence-corrected chi connectivity index (χ4v) is 1.90. The molecule has 0 saturated heterocycles. The van der Waals surface area contributed by atoms with Gasteiger partial charge >= 0.3 is 0 Å². The van der Waals surface area contributed by atoms with E-state index in [1.54, 1.807) is 0 Å². The zero-order chi connectivity index (χ0) is 15.6. The molecule has 1 unspecified atom stereocenters. The largest absolute Gasteiger partial charge is 0.376 e. The Bertz CT molecular complexity index is 692. The van der Waals surface area contributed by atoms with E-state index in [1.807, 2.05) is 0 Å². The van der Waals surface area contributed by atoms with Crippen molar-refractivity contribution in [3.63, 3.8) is 0 Å². The topological polar surface area (TPSA) is 55.2 Å². The summed E-state index contributed by atoms with van der Waals surface area (Å²) in [6.07, 6.45) is 0. The highest BCUT2D eigenvalue weighted by Crippen LogP contribution is 2.27. The van der Waals surface area contributed by atoms with Crippen LogP contribution in [0.2, 0.25) is 0 Å². The van der Waals surface area contributed by atoms with Crippen LogP contribution in [0, 0.1) is 27.6 Å². The van der Waals surface area contributed by atoms with Crippen LogP contribution >= 0.6 is 0 Å². The second-order valence-corrected chi connectivity index (χ2v) is 4.43. The van der Waals surface area contributed by atoms with Gasteiger partial charge in [0.1, 0.15) is 5.82 Å². The summed E-state index contributed by atoms with van der Waals surface area (Å²) in [4.78, 5) is 10.00. The number of nitrogens with one attached hydrogen (secondary N) is 1. The van der Waals surface area contributed by atoms with Crippen LogP contribution in [0.1, 0.15) is 18.5 Å².